The van der Waals surface area contributed by atoms with Crippen molar-refractivity contribution in [2.24, 2.45) is 0 Å². The number of para-hydroxylation sites is 2. The largest absolute Gasteiger partial charge is 0.296 e. The van der Waals surface area contributed by atoms with Crippen LogP contribution >= 0.6 is 0 Å². The van der Waals surface area contributed by atoms with Crippen molar-refractivity contribution in [2.45, 2.75) is 13.2 Å². The molecule has 0 saturated carbocycles. The first-order valence-corrected chi connectivity index (χ1v) is 15.0. The molecule has 0 amide bonds. The number of benzene rings is 8. The Hall–Kier alpha value is -6.25. The first kappa shape index (κ1) is 13.7. The van der Waals surface area contributed by atoms with Gasteiger partial charge in [-0.15, -0.1) is 0 Å². The number of hydrogen-bond donors (Lipinski definition) is 0. The molecule has 0 bridgehead atoms. The second-order valence-electron chi connectivity index (χ2n) is 11.0. The van der Waals surface area contributed by atoms with Crippen LogP contribution in [-0.4, -0.2) is 9.55 Å². The minimum absolute atomic E-state index is 0.115. The minimum atomic E-state index is -3.17. The third kappa shape index (κ3) is 5.01. The molecule has 0 spiro atoms. The Balaban J connectivity index is 1.46. The molecule has 0 atom stereocenters. The molecule has 1 heterocycles. The first-order valence-electron chi connectivity index (χ1n) is 26.5. The molecule has 0 aliphatic carbocycles. The van der Waals surface area contributed by atoms with Crippen molar-refractivity contribution in [3.63, 3.8) is 0 Å². The molecular formula is C47H34N2. The molecule has 2 heteroatoms. The zero-order valence-corrected chi connectivity index (χ0v) is 25.2. The highest BCUT2D eigenvalue weighted by Crippen LogP contribution is 2.45. The van der Waals surface area contributed by atoms with Crippen LogP contribution < -0.4 is 0 Å². The van der Waals surface area contributed by atoms with Crippen molar-refractivity contribution < 1.29 is 31.5 Å². The third-order valence-electron chi connectivity index (χ3n) is 8.26. The predicted molar refractivity (Wildman–Crippen MR) is 207 cm³/mol. The van der Waals surface area contributed by atoms with Crippen LogP contribution in [0.5, 0.6) is 0 Å². The summed E-state index contributed by atoms with van der Waals surface area (Å²) in [6.07, 6.45) is -2.97. The van der Waals surface area contributed by atoms with Gasteiger partial charge < -0.3 is 0 Å². The molecule has 2 nitrogen and oxygen atoms in total. The summed E-state index contributed by atoms with van der Waals surface area (Å²) in [5.74, 6) is -0.450. The smallest absolute Gasteiger partial charge is 0.114 e. The van der Waals surface area contributed by atoms with Crippen LogP contribution in [0, 0.1) is 0 Å². The highest BCUT2D eigenvalue weighted by Gasteiger charge is 2.18. The zero-order chi connectivity index (χ0) is 52.7. The summed E-state index contributed by atoms with van der Waals surface area (Å²) in [6.45, 7) is -3.17. The van der Waals surface area contributed by atoms with E-state index < -0.39 is 139 Å². The summed E-state index contributed by atoms with van der Waals surface area (Å²) in [5, 5.41) is -1.19. The van der Waals surface area contributed by atoms with Gasteiger partial charge in [0, 0.05) is 18.9 Å². The van der Waals surface area contributed by atoms with E-state index in [0.29, 0.717) is 5.52 Å². The summed E-state index contributed by atoms with van der Waals surface area (Å²) >= 11 is 0. The quantitative estimate of drug-likeness (QED) is 0.164. The van der Waals surface area contributed by atoms with Gasteiger partial charge in [0.2, 0.25) is 0 Å². The molecule has 9 rings (SSSR count). The number of fused-ring (bicyclic) bond motifs is 3. The van der Waals surface area contributed by atoms with E-state index in [9.17, 15) is 5.48 Å². The fourth-order valence-electron chi connectivity index (χ4n) is 6.20. The number of aryl methyl sites for hydroxylation is 1. The van der Waals surface area contributed by atoms with E-state index in [-0.39, 0.29) is 66.1 Å². The van der Waals surface area contributed by atoms with Crippen LogP contribution in [0.15, 0.2) is 175 Å². The third-order valence-corrected chi connectivity index (χ3v) is 8.26. The molecule has 0 N–H and O–H groups in total. The highest BCUT2D eigenvalue weighted by atomic mass is 15.1. The molecule has 0 saturated heterocycles. The van der Waals surface area contributed by atoms with Crippen molar-refractivity contribution in [1.82, 2.24) is 9.55 Å². The standard InChI is InChI=1S/C47H34N2/c1-2-45-48-43-23-13-14-24-44(43)49(45)38-27-25-34(26-28-38)46-39-19-9-11-21-41(39)47(42-22-12-10-20-40(42)46)37-30-35(32-15-5-3-6-16-32)29-36(31-37)33-17-7-4-8-18-33/h3-31H,2H2,1H3/i1D3,2D2,3D,4D,5D,6D,7D,8D,9D,10D,11D,12D,15D,16D,17D,18D,19D,20D,21D,22D. The van der Waals surface area contributed by atoms with Gasteiger partial charge in [0.1, 0.15) is 5.82 Å². The lowest BCUT2D eigenvalue weighted by molar-refractivity contribution is 0.908. The van der Waals surface area contributed by atoms with Crippen molar-refractivity contribution in [3.8, 4) is 50.2 Å². The van der Waals surface area contributed by atoms with Gasteiger partial charge in [-0.2, -0.15) is 0 Å². The summed E-state index contributed by atoms with van der Waals surface area (Å²) < 4.78 is 202. The Morgan fingerprint density at radius 2 is 1.02 bits per heavy atom. The number of nitrogens with zero attached hydrogens (tertiary/aromatic N) is 2. The van der Waals surface area contributed by atoms with Gasteiger partial charge in [-0.05, 0) is 109 Å². The van der Waals surface area contributed by atoms with Crippen LogP contribution in [0.1, 0.15) is 44.2 Å². The van der Waals surface area contributed by atoms with E-state index in [1.807, 2.05) is 0 Å². The SMILES string of the molecule is [2H]c1c([2H])c([2H])c(-c2cc(-c3c([2H])c([2H])c([2H])c([2H])c3[2H])cc(-c3c4c([2H])c([2H])c([2H])c([2H])c4c(-c4ccc(-n5c(C([2H])([2H])C([2H])([2H])[2H])nc6ccccc65)cc4)c4c([2H])c([2H])c([2H])c([2H])c34)c2)c([2H])c1[2H]. The Labute approximate surface area is 318 Å². The lowest BCUT2D eigenvalue weighted by atomic mass is 9.84. The van der Waals surface area contributed by atoms with Crippen LogP contribution in [0.4, 0.5) is 0 Å². The molecule has 0 fully saturated rings. The average Bonchev–Trinajstić information content (AvgIpc) is 3.75. The van der Waals surface area contributed by atoms with Gasteiger partial charge >= 0.3 is 0 Å². The van der Waals surface area contributed by atoms with Crippen LogP contribution in [0.2, 0.25) is 0 Å². The van der Waals surface area contributed by atoms with E-state index in [0.717, 1.165) is 0 Å². The minimum Gasteiger partial charge on any atom is -0.296 e. The Morgan fingerprint density at radius 3 is 1.57 bits per heavy atom. The van der Waals surface area contributed by atoms with Gasteiger partial charge in [-0.25, -0.2) is 4.98 Å². The van der Waals surface area contributed by atoms with Crippen molar-refractivity contribution in [2.75, 3.05) is 0 Å². The normalized spacial score (nSPS) is 18.7. The molecule has 0 aliphatic rings. The van der Waals surface area contributed by atoms with E-state index in [1.54, 1.807) is 24.3 Å². The molecular weight excluding hydrogens is 593 g/mol. The first-order chi connectivity index (χ1) is 33.6. The fourth-order valence-corrected chi connectivity index (χ4v) is 6.20. The number of rotatable bonds is 6. The zero-order valence-electron chi connectivity index (χ0n) is 48.2. The second kappa shape index (κ2) is 12.1. The molecule has 8 aromatic carbocycles. The van der Waals surface area contributed by atoms with E-state index in [4.69, 9.17) is 26.0 Å². The number of aromatic nitrogens is 2. The monoisotopic (exact) mass is 649 g/mol. The fraction of sp³-hybridized carbons (Fsp3) is 0.0426. The van der Waals surface area contributed by atoms with E-state index in [1.165, 1.54) is 47.0 Å². The summed E-state index contributed by atoms with van der Waals surface area (Å²) in [6, 6.07) is 3.03. The highest BCUT2D eigenvalue weighted by molar-refractivity contribution is 6.21. The maximum absolute atomic E-state index is 9.50. The van der Waals surface area contributed by atoms with Crippen molar-refractivity contribution >= 4 is 32.6 Å². The average molecular weight is 650 g/mol. The van der Waals surface area contributed by atoms with Gasteiger partial charge in [-0.1, -0.05) is 140 Å². The van der Waals surface area contributed by atoms with Gasteiger partial charge in [0.25, 0.3) is 0 Å². The van der Waals surface area contributed by atoms with Gasteiger partial charge in [-0.3, -0.25) is 4.57 Å². The van der Waals surface area contributed by atoms with Crippen LogP contribution in [0.25, 0.3) is 82.8 Å². The summed E-state index contributed by atoms with van der Waals surface area (Å²) in [5.41, 5.74) is -0.832. The summed E-state index contributed by atoms with van der Waals surface area (Å²) in [4.78, 5) is 4.37. The maximum atomic E-state index is 9.50. The van der Waals surface area contributed by atoms with Crippen molar-refractivity contribution in [3.05, 3.63) is 181 Å². The van der Waals surface area contributed by atoms with E-state index >= 15 is 0 Å². The maximum Gasteiger partial charge on any atom is 0.114 e. The Kier molecular flexibility index (Phi) is 3.38. The molecule has 9 aromatic rings. The van der Waals surface area contributed by atoms with Crippen LogP contribution in [-0.2, 0) is 6.37 Å². The van der Waals surface area contributed by atoms with Crippen molar-refractivity contribution in [1.29, 1.82) is 0 Å². The van der Waals surface area contributed by atoms with Crippen LogP contribution in [0.3, 0.4) is 0 Å². The topological polar surface area (TPSA) is 17.8 Å². The molecule has 0 aliphatic heterocycles. The lowest BCUT2D eigenvalue weighted by Gasteiger charge is -2.19. The molecule has 49 heavy (non-hydrogen) atoms. The molecule has 0 unspecified atom stereocenters. The predicted octanol–water partition coefficient (Wildman–Crippen LogP) is 12.6. The molecule has 1 aromatic heterocycles. The number of hydrogen-bond acceptors (Lipinski definition) is 1. The molecule has 0 radical (unpaired) electrons. The molecule has 232 valence electrons. The van der Waals surface area contributed by atoms with E-state index in [2.05, 4.69) is 4.98 Å². The second-order valence-corrected chi connectivity index (χ2v) is 11.0. The lowest BCUT2D eigenvalue weighted by Crippen LogP contribution is -2.00. The number of imidazole rings is 1. The summed E-state index contributed by atoms with van der Waals surface area (Å²) in [7, 11) is 0. The Bertz CT molecular complexity index is 3630. The van der Waals surface area contributed by atoms with Gasteiger partial charge in [0.15, 0.2) is 0 Å². The Morgan fingerprint density at radius 1 is 0.531 bits per heavy atom. The van der Waals surface area contributed by atoms with Gasteiger partial charge in [0.05, 0.1) is 35.7 Å².